The fraction of sp³-hybridized carbons (Fsp3) is 0.684. The number of hydrogen-bond donors (Lipinski definition) is 8. The monoisotopic (exact) mass is 474 g/mol. The molecule has 0 aliphatic heterocycles. The molecule has 0 aliphatic carbocycles. The molecule has 0 fully saturated rings. The van der Waals surface area contributed by atoms with Crippen LogP contribution in [0.15, 0.2) is 0 Å². The van der Waals surface area contributed by atoms with Gasteiger partial charge in [-0.15, -0.1) is 0 Å². The van der Waals surface area contributed by atoms with Crippen LogP contribution in [0.2, 0.25) is 0 Å². The van der Waals surface area contributed by atoms with Crippen molar-refractivity contribution in [2.24, 2.45) is 23.1 Å². The Morgan fingerprint density at radius 2 is 1.15 bits per heavy atom. The van der Waals surface area contributed by atoms with E-state index in [0.717, 1.165) is 0 Å². The number of carboxylic acids is 1. The second kappa shape index (κ2) is 14.0. The highest BCUT2D eigenvalue weighted by molar-refractivity contribution is 5.94. The Bertz CT molecular complexity index is 742. The van der Waals surface area contributed by atoms with Crippen LogP contribution >= 0.6 is 0 Å². The maximum Gasteiger partial charge on any atom is 0.326 e. The molecule has 0 radical (unpaired) electrons. The van der Waals surface area contributed by atoms with E-state index in [0.29, 0.717) is 0 Å². The van der Waals surface area contributed by atoms with Crippen molar-refractivity contribution >= 4 is 35.5 Å². The van der Waals surface area contributed by atoms with Crippen molar-refractivity contribution in [1.29, 1.82) is 0 Å². The molecule has 5 atom stereocenters. The molecule has 5 amide bonds. The Kier molecular flexibility index (Phi) is 12.6. The molecule has 0 aromatic carbocycles. The molecular formula is C19H34N6O8. The summed E-state index contributed by atoms with van der Waals surface area (Å²) >= 11 is 0. The van der Waals surface area contributed by atoms with E-state index in [4.69, 9.17) is 17.2 Å². The van der Waals surface area contributed by atoms with Crippen molar-refractivity contribution in [3.63, 3.8) is 0 Å². The van der Waals surface area contributed by atoms with E-state index in [9.17, 15) is 39.0 Å². The van der Waals surface area contributed by atoms with Crippen LogP contribution in [-0.2, 0) is 28.8 Å². The third kappa shape index (κ3) is 11.2. The Morgan fingerprint density at radius 3 is 1.48 bits per heavy atom. The molecule has 14 heteroatoms. The minimum absolute atomic E-state index is 0.243. The van der Waals surface area contributed by atoms with Gasteiger partial charge in [0.15, 0.2) is 0 Å². The molecule has 0 saturated carbocycles. The number of rotatable bonds is 15. The van der Waals surface area contributed by atoms with Crippen LogP contribution in [-0.4, -0.2) is 76.0 Å². The lowest BCUT2D eigenvalue weighted by molar-refractivity contribution is -0.143. The van der Waals surface area contributed by atoms with Crippen molar-refractivity contribution < 1.29 is 39.0 Å². The molecule has 11 N–H and O–H groups in total. The van der Waals surface area contributed by atoms with Crippen LogP contribution < -0.4 is 33.2 Å². The molecule has 0 aliphatic rings. The van der Waals surface area contributed by atoms with E-state index in [-0.39, 0.29) is 25.7 Å². The van der Waals surface area contributed by atoms with Gasteiger partial charge in [-0.2, -0.15) is 0 Å². The van der Waals surface area contributed by atoms with Gasteiger partial charge in [0.1, 0.15) is 24.2 Å². The van der Waals surface area contributed by atoms with Crippen molar-refractivity contribution in [1.82, 2.24) is 16.0 Å². The first kappa shape index (κ1) is 29.7. The van der Waals surface area contributed by atoms with Crippen LogP contribution in [0.3, 0.4) is 0 Å². The molecule has 33 heavy (non-hydrogen) atoms. The van der Waals surface area contributed by atoms with Gasteiger partial charge < -0.3 is 43.4 Å². The van der Waals surface area contributed by atoms with E-state index in [2.05, 4.69) is 16.0 Å². The maximum absolute atomic E-state index is 12.8. The topological polar surface area (TPSA) is 257 Å². The second-order valence-electron chi connectivity index (χ2n) is 7.97. The summed E-state index contributed by atoms with van der Waals surface area (Å²) in [5.74, 6) is -5.98. The molecule has 0 saturated heterocycles. The number of aliphatic hydroxyl groups is 1. The summed E-state index contributed by atoms with van der Waals surface area (Å²) in [5.41, 5.74) is 15.8. The standard InChI is InChI=1S/C19H34N6O8/c1-8(2)15(19(32)33)25-17(30)11(5-7-13(21)28)23-16(29)10(4-6-12(20)27)24-18(31)14(22)9(3)26/h8-11,14-15,26H,4-7,22H2,1-3H3,(H2,20,27)(H2,21,28)(H,23,29)(H,24,31)(H,25,30)(H,32,33). The fourth-order valence-electron chi connectivity index (χ4n) is 2.64. The lowest BCUT2D eigenvalue weighted by Gasteiger charge is -2.26. The van der Waals surface area contributed by atoms with E-state index in [1.54, 1.807) is 13.8 Å². The second-order valence-corrected chi connectivity index (χ2v) is 7.97. The number of hydrogen-bond acceptors (Lipinski definition) is 8. The summed E-state index contributed by atoms with van der Waals surface area (Å²) in [4.78, 5) is 71.4. The number of carboxylic acid groups (broad SMARTS) is 1. The Balaban J connectivity index is 5.63. The van der Waals surface area contributed by atoms with Crippen molar-refractivity contribution in [2.45, 2.75) is 76.7 Å². The summed E-state index contributed by atoms with van der Waals surface area (Å²) in [7, 11) is 0. The fourth-order valence-corrected chi connectivity index (χ4v) is 2.64. The highest BCUT2D eigenvalue weighted by atomic mass is 16.4. The predicted molar refractivity (Wildman–Crippen MR) is 115 cm³/mol. The molecule has 14 nitrogen and oxygen atoms in total. The van der Waals surface area contributed by atoms with Crippen LogP contribution in [0.5, 0.6) is 0 Å². The number of aliphatic hydroxyl groups excluding tert-OH is 1. The Hall–Kier alpha value is -3.26. The summed E-state index contributed by atoms with van der Waals surface area (Å²) in [6, 6.07) is -5.37. The first-order chi connectivity index (χ1) is 15.2. The van der Waals surface area contributed by atoms with Gasteiger partial charge in [-0.25, -0.2) is 4.79 Å². The number of carbonyl (C=O) groups excluding carboxylic acids is 5. The highest BCUT2D eigenvalue weighted by Crippen LogP contribution is 2.06. The van der Waals surface area contributed by atoms with Gasteiger partial charge in [-0.3, -0.25) is 24.0 Å². The molecule has 0 bridgehead atoms. The van der Waals surface area contributed by atoms with E-state index in [1.165, 1.54) is 6.92 Å². The molecule has 5 unspecified atom stereocenters. The third-order valence-electron chi connectivity index (χ3n) is 4.68. The zero-order valence-corrected chi connectivity index (χ0v) is 18.9. The maximum atomic E-state index is 12.8. The largest absolute Gasteiger partial charge is 0.480 e. The molecule has 0 spiro atoms. The minimum atomic E-state index is -1.37. The Morgan fingerprint density at radius 1 is 0.758 bits per heavy atom. The third-order valence-corrected chi connectivity index (χ3v) is 4.68. The minimum Gasteiger partial charge on any atom is -0.480 e. The smallest absolute Gasteiger partial charge is 0.326 e. The number of carbonyl (C=O) groups is 6. The van der Waals surface area contributed by atoms with E-state index in [1.807, 2.05) is 0 Å². The van der Waals surface area contributed by atoms with Gasteiger partial charge in [0.2, 0.25) is 29.5 Å². The van der Waals surface area contributed by atoms with Crippen molar-refractivity contribution in [2.75, 3.05) is 0 Å². The summed E-state index contributed by atoms with van der Waals surface area (Å²) in [6.45, 7) is 4.40. The normalized spacial score (nSPS) is 15.5. The van der Waals surface area contributed by atoms with Crippen LogP contribution in [0.25, 0.3) is 0 Å². The summed E-state index contributed by atoms with van der Waals surface area (Å²) < 4.78 is 0. The molecular weight excluding hydrogens is 440 g/mol. The van der Waals surface area contributed by atoms with E-state index < -0.39 is 71.7 Å². The first-order valence-corrected chi connectivity index (χ1v) is 10.3. The van der Waals surface area contributed by atoms with Crippen LogP contribution in [0, 0.1) is 5.92 Å². The first-order valence-electron chi connectivity index (χ1n) is 10.3. The lowest BCUT2D eigenvalue weighted by atomic mass is 10.0. The molecule has 0 aromatic heterocycles. The van der Waals surface area contributed by atoms with Gasteiger partial charge in [0.05, 0.1) is 6.10 Å². The van der Waals surface area contributed by atoms with Crippen LogP contribution in [0.1, 0.15) is 46.5 Å². The average molecular weight is 475 g/mol. The number of aliphatic carboxylic acids is 1. The highest BCUT2D eigenvalue weighted by Gasteiger charge is 2.32. The lowest BCUT2D eigenvalue weighted by Crippen LogP contribution is -2.58. The quantitative estimate of drug-likeness (QED) is 0.116. The number of nitrogens with two attached hydrogens (primary N) is 3. The SMILES string of the molecule is CC(C)C(NC(=O)C(CCC(N)=O)NC(=O)C(CCC(N)=O)NC(=O)C(N)C(C)O)C(=O)O. The number of nitrogens with one attached hydrogen (secondary N) is 3. The van der Waals surface area contributed by atoms with Crippen molar-refractivity contribution in [3.05, 3.63) is 0 Å². The number of primary amides is 2. The van der Waals surface area contributed by atoms with Gasteiger partial charge in [0, 0.05) is 12.8 Å². The summed E-state index contributed by atoms with van der Waals surface area (Å²) in [5, 5.41) is 25.6. The zero-order chi connectivity index (χ0) is 25.9. The van der Waals surface area contributed by atoms with Crippen molar-refractivity contribution in [3.8, 4) is 0 Å². The molecule has 0 rings (SSSR count). The zero-order valence-electron chi connectivity index (χ0n) is 18.9. The van der Waals surface area contributed by atoms with E-state index >= 15 is 0 Å². The summed E-state index contributed by atoms with van der Waals surface area (Å²) in [6.07, 6.45) is -2.32. The van der Waals surface area contributed by atoms with Gasteiger partial charge in [-0.1, -0.05) is 13.8 Å². The van der Waals surface area contributed by atoms with Crippen LogP contribution in [0.4, 0.5) is 0 Å². The van der Waals surface area contributed by atoms with Gasteiger partial charge in [-0.05, 0) is 25.7 Å². The Labute approximate surface area is 191 Å². The average Bonchev–Trinajstić information content (AvgIpc) is 2.69. The van der Waals surface area contributed by atoms with Gasteiger partial charge in [0.25, 0.3) is 0 Å². The van der Waals surface area contributed by atoms with Gasteiger partial charge >= 0.3 is 5.97 Å². The predicted octanol–water partition coefficient (Wildman–Crippen LogP) is -3.58. The molecule has 188 valence electrons. The molecule has 0 aromatic rings. The molecule has 0 heterocycles. The number of amides is 5.